The number of hydrogen-bond donors (Lipinski definition) is 6. The van der Waals surface area contributed by atoms with Crippen LogP contribution in [0, 0.1) is 0 Å². The predicted molar refractivity (Wildman–Crippen MR) is 97.5 cm³/mol. The van der Waals surface area contributed by atoms with Crippen LogP contribution in [0.3, 0.4) is 0 Å². The van der Waals surface area contributed by atoms with Crippen molar-refractivity contribution < 1.29 is 126 Å². The molecule has 6 unspecified atom stereocenters. The number of nitrogens with one attached hydrogen (secondary N) is 1. The molecule has 0 aliphatic carbocycles. The smallest absolute Gasteiger partial charge is 0.756 e. The van der Waals surface area contributed by atoms with Gasteiger partial charge in [-0.05, 0) is 0 Å². The molecule has 0 saturated carbocycles. The van der Waals surface area contributed by atoms with Crippen molar-refractivity contribution in [3.63, 3.8) is 0 Å². The van der Waals surface area contributed by atoms with Crippen molar-refractivity contribution in [1.82, 2.24) is 19.5 Å². The monoisotopic (exact) mass is 585 g/mol. The number of aliphatic hydroxyl groups is 2. The number of nitrogens with zero attached hydrogens (tertiary/aromatic N) is 3. The Morgan fingerprint density at radius 2 is 1.74 bits per heavy atom. The van der Waals surface area contributed by atoms with Gasteiger partial charge >= 0.3 is 66.9 Å². The molecule has 3 heterocycles. The zero-order valence-corrected chi connectivity index (χ0v) is 24.4. The number of anilines is 1. The maximum Gasteiger partial charge on any atom is 1.00 e. The maximum atomic E-state index is 11.8. The first kappa shape index (κ1) is 35.4. The van der Waals surface area contributed by atoms with Gasteiger partial charge in [-0.1, -0.05) is 0 Å². The van der Waals surface area contributed by atoms with E-state index in [0.29, 0.717) is 0 Å². The number of rotatable bonds is 8. The molecule has 2 aromatic heterocycles. The number of imidazole rings is 1. The summed E-state index contributed by atoms with van der Waals surface area (Å²) in [7, 11) is -17.5. The molecule has 9 N–H and O–H groups in total. The number of phosphoric ester groups is 1. The van der Waals surface area contributed by atoms with Gasteiger partial charge in [0.2, 0.25) is 5.95 Å². The van der Waals surface area contributed by atoms with Crippen molar-refractivity contribution in [2.75, 3.05) is 12.3 Å². The fourth-order valence-corrected chi connectivity index (χ4v) is 5.61. The van der Waals surface area contributed by atoms with Crippen molar-refractivity contribution in [3.05, 3.63) is 16.7 Å². The number of hydrogen-bond acceptors (Lipinski definition) is 15. The van der Waals surface area contributed by atoms with Crippen LogP contribution in [-0.2, 0) is 31.6 Å². The van der Waals surface area contributed by atoms with Gasteiger partial charge in [0.05, 0.1) is 12.9 Å². The Balaban J connectivity index is 0.00000385. The Morgan fingerprint density at radius 1 is 1.14 bits per heavy atom. The van der Waals surface area contributed by atoms with Crippen LogP contribution in [0.5, 0.6) is 0 Å². The summed E-state index contributed by atoms with van der Waals surface area (Å²) in [4.78, 5) is 61.4. The molecule has 0 bridgehead atoms. The molecule has 1 saturated heterocycles. The van der Waals surface area contributed by atoms with Gasteiger partial charge in [0.25, 0.3) is 21.2 Å². The molecule has 0 amide bonds. The summed E-state index contributed by atoms with van der Waals surface area (Å²) in [6.07, 6.45) is -5.52. The second-order valence-corrected chi connectivity index (χ2v) is 10.5. The number of aromatic amines is 1. The molecule has 1 aliphatic heterocycles. The van der Waals surface area contributed by atoms with Gasteiger partial charge in [-0.2, -0.15) is 4.98 Å². The van der Waals surface area contributed by atoms with E-state index in [4.69, 9.17) is 20.3 Å². The molecule has 35 heavy (non-hydrogen) atoms. The normalized spacial score (nSPS) is 25.5. The third kappa shape index (κ3) is 8.98. The molecule has 25 heteroatoms. The number of aliphatic hydroxyl groups excluding tert-OH is 2. The van der Waals surface area contributed by atoms with Crippen molar-refractivity contribution in [1.29, 1.82) is 0 Å². The molecule has 188 valence electrons. The summed E-state index contributed by atoms with van der Waals surface area (Å²) < 4.78 is 50.7. The summed E-state index contributed by atoms with van der Waals surface area (Å²) in [5, 5.41) is 20.3. The van der Waals surface area contributed by atoms with Crippen LogP contribution in [0.1, 0.15) is 6.23 Å². The van der Waals surface area contributed by atoms with E-state index in [9.17, 15) is 38.5 Å². The minimum absolute atomic E-state index is 0. The number of fused-ring (bicyclic) bond motifs is 1. The van der Waals surface area contributed by atoms with E-state index in [0.717, 1.165) is 10.9 Å². The Bertz CT molecular complexity index is 1220. The first-order chi connectivity index (χ1) is 14.6. The fraction of sp³-hybridized carbons (Fsp3) is 0.500. The number of H-pyrrole nitrogens is 1. The van der Waals surface area contributed by atoms with Gasteiger partial charge in [0.1, 0.15) is 18.3 Å². The summed E-state index contributed by atoms with van der Waals surface area (Å²) in [5.41, 5.74) is 4.43. The van der Waals surface area contributed by atoms with Crippen molar-refractivity contribution in [3.8, 4) is 0 Å². The van der Waals surface area contributed by atoms with Crippen LogP contribution in [0.25, 0.3) is 11.2 Å². The van der Waals surface area contributed by atoms with E-state index in [1.54, 1.807) is 0 Å². The second kappa shape index (κ2) is 13.0. The quantitative estimate of drug-likeness (QED) is 0.124. The van der Waals surface area contributed by atoms with Crippen LogP contribution in [0.2, 0.25) is 0 Å². The molecule has 6 atom stereocenters. The van der Waals surface area contributed by atoms with Gasteiger partial charge in [0, 0.05) is 0 Å². The number of aromatic nitrogens is 4. The van der Waals surface area contributed by atoms with Crippen LogP contribution >= 0.6 is 23.5 Å². The summed E-state index contributed by atoms with van der Waals surface area (Å²) in [6, 6.07) is 0. The van der Waals surface area contributed by atoms with Gasteiger partial charge in [-0.3, -0.25) is 23.5 Å². The number of nitrogen functional groups attached to an aromatic ring is 1. The Kier molecular flexibility index (Phi) is 13.1. The Morgan fingerprint density at radius 3 is 2.31 bits per heavy atom. The van der Waals surface area contributed by atoms with Crippen molar-refractivity contribution in [2.45, 2.75) is 24.5 Å². The van der Waals surface area contributed by atoms with Crippen LogP contribution in [-0.4, -0.2) is 69.9 Å². The number of ether oxygens (including phenoxy) is 1. The minimum Gasteiger partial charge on any atom is -0.756 e. The third-order valence-corrected chi connectivity index (χ3v) is 7.58. The zero-order valence-electron chi connectivity index (χ0n) is 17.7. The van der Waals surface area contributed by atoms with Crippen LogP contribution in [0.15, 0.2) is 11.1 Å². The molecular formula is C10H16N5Na2O15P3. The van der Waals surface area contributed by atoms with E-state index >= 15 is 0 Å². The number of phosphoric acid groups is 3. The van der Waals surface area contributed by atoms with Gasteiger partial charge < -0.3 is 50.3 Å². The topological polar surface area (TPSA) is 336 Å². The van der Waals surface area contributed by atoms with E-state index in [1.165, 1.54) is 0 Å². The molecular weight excluding hydrogens is 569 g/mol. The van der Waals surface area contributed by atoms with E-state index in [1.807, 2.05) is 0 Å². The average Bonchev–Trinajstić information content (AvgIpc) is 3.12. The van der Waals surface area contributed by atoms with Crippen molar-refractivity contribution >= 4 is 40.6 Å². The Labute approximate surface area is 238 Å². The van der Waals surface area contributed by atoms with Gasteiger partial charge in [-0.25, -0.2) is 18.2 Å². The summed E-state index contributed by atoms with van der Waals surface area (Å²) in [5.74, 6) is -0.291. The maximum absolute atomic E-state index is 11.8. The molecule has 0 radical (unpaired) electrons. The third-order valence-electron chi connectivity index (χ3n) is 3.87. The molecule has 0 aromatic carbocycles. The minimum atomic E-state index is -6.04. The van der Waals surface area contributed by atoms with Gasteiger partial charge in [-0.15, -0.1) is 0 Å². The fourth-order valence-electron chi connectivity index (χ4n) is 2.68. The standard InChI is InChI=1S/C10H16N5O14P3.2Na.H2O/c11-10-13-7-4(8(18)14-10)12-2-15(7)9-6(17)5(16)3(27-9)1-26-31(22,23)29-32(24,25)28-30(19,20)21;;;/h2-3,5-6,9,16-17H,1H2,(H,22,23)(H,24,25)(H2,19,20,21)(H3,11,13,14,18);;;1H2/q;2*+1;/p-2. The van der Waals surface area contributed by atoms with Crippen molar-refractivity contribution in [2.24, 2.45) is 0 Å². The second-order valence-electron chi connectivity index (χ2n) is 6.17. The summed E-state index contributed by atoms with van der Waals surface area (Å²) in [6.45, 7) is -1.10. The molecule has 1 aliphatic rings. The molecule has 1 fully saturated rings. The molecule has 2 aromatic rings. The largest absolute Gasteiger partial charge is 1.00 e. The molecule has 3 rings (SSSR count). The number of nitrogens with two attached hydrogens (primary N) is 1. The molecule has 20 nitrogen and oxygen atoms in total. The predicted octanol–water partition coefficient (Wildman–Crippen LogP) is -10.4. The average molecular weight is 585 g/mol. The van der Waals surface area contributed by atoms with E-state index in [-0.39, 0.29) is 81.7 Å². The first-order valence-corrected chi connectivity index (χ1v) is 12.5. The van der Waals surface area contributed by atoms with Gasteiger partial charge in [0.15, 0.2) is 17.4 Å². The van der Waals surface area contributed by atoms with E-state index in [2.05, 4.69) is 28.1 Å². The van der Waals surface area contributed by atoms with Crippen LogP contribution in [0.4, 0.5) is 5.95 Å². The zero-order chi connectivity index (χ0) is 24.1. The van der Waals surface area contributed by atoms with E-state index < -0.39 is 60.2 Å². The van der Waals surface area contributed by atoms with Crippen LogP contribution < -0.4 is 80.2 Å². The first-order valence-electron chi connectivity index (χ1n) is 8.07. The summed E-state index contributed by atoms with van der Waals surface area (Å²) >= 11 is 0. The Hall–Kier alpha value is 0.400. The SMILES string of the molecule is Nc1nc2c(ncn2C2OC(COP(=O)([O-])OP(=O)([O-])OP(=O)(O)O)C(O)C2O)c(=O)[nH]1.O.[Na+].[Na+]. The molecule has 0 spiro atoms.